The predicted octanol–water partition coefficient (Wildman–Crippen LogP) is 3.36. The quantitative estimate of drug-likeness (QED) is 0.693. The maximum Gasteiger partial charge on any atom is 0.224 e. The summed E-state index contributed by atoms with van der Waals surface area (Å²) in [4.78, 5) is 15.1. The average molecular weight is 440 g/mol. The summed E-state index contributed by atoms with van der Waals surface area (Å²) in [7, 11) is 0. The van der Waals surface area contributed by atoms with Gasteiger partial charge in [-0.1, -0.05) is 67.6 Å². The number of halogens is 2. The molecule has 1 aliphatic heterocycles. The Labute approximate surface area is 185 Å². The molecule has 160 valence electrons. The highest BCUT2D eigenvalue weighted by Gasteiger charge is 2.26. The second-order valence-electron chi connectivity index (χ2n) is 7.05. The average Bonchev–Trinajstić information content (AvgIpc) is 2.75. The van der Waals surface area contributed by atoms with Gasteiger partial charge in [0.2, 0.25) is 5.91 Å². The van der Waals surface area contributed by atoms with Crippen molar-refractivity contribution in [1.29, 1.82) is 0 Å². The lowest BCUT2D eigenvalue weighted by molar-refractivity contribution is -0.125. The molecule has 1 heterocycles. The minimum absolute atomic E-state index is 0. The standard InChI is InChI=1S/C22H29N3O2.2ClH/c1-17(21(23)19-10-6-3-7-11-19)22(26)24-16-20(18-8-4-2-5-9-18)25-12-14-27-15-13-25;;/h2-11,17,20-21H,12-16,23H2,1H3,(H,24,26);2*1H. The SMILES string of the molecule is CC(C(=O)NCC(c1ccccc1)N1CCOCC1)C(N)c1ccccc1.Cl.Cl. The van der Waals surface area contributed by atoms with E-state index in [-0.39, 0.29) is 48.7 Å². The first kappa shape index (κ1) is 25.4. The first-order chi connectivity index (χ1) is 13.2. The number of morpholine rings is 1. The Morgan fingerprint density at radius 1 is 1.00 bits per heavy atom. The van der Waals surface area contributed by atoms with Crippen LogP contribution in [0.4, 0.5) is 0 Å². The van der Waals surface area contributed by atoms with Crippen molar-refractivity contribution in [2.24, 2.45) is 11.7 Å². The fraction of sp³-hybridized carbons (Fsp3) is 0.409. The molecule has 0 radical (unpaired) electrons. The molecule has 3 atom stereocenters. The fourth-order valence-corrected chi connectivity index (χ4v) is 3.51. The Morgan fingerprint density at radius 3 is 2.07 bits per heavy atom. The molecule has 1 saturated heterocycles. The first-order valence-corrected chi connectivity index (χ1v) is 9.62. The third-order valence-electron chi connectivity index (χ3n) is 5.28. The van der Waals surface area contributed by atoms with E-state index in [1.807, 2.05) is 55.5 Å². The normalized spacial score (nSPS) is 17.2. The Morgan fingerprint density at radius 2 is 1.52 bits per heavy atom. The highest BCUT2D eigenvalue weighted by atomic mass is 35.5. The van der Waals surface area contributed by atoms with E-state index in [9.17, 15) is 4.79 Å². The molecule has 0 bridgehead atoms. The molecule has 3 N–H and O–H groups in total. The van der Waals surface area contributed by atoms with Crippen LogP contribution in [0, 0.1) is 5.92 Å². The molecule has 7 heteroatoms. The van der Waals surface area contributed by atoms with E-state index >= 15 is 0 Å². The van der Waals surface area contributed by atoms with Crippen LogP contribution in [0.5, 0.6) is 0 Å². The van der Waals surface area contributed by atoms with Gasteiger partial charge in [0.15, 0.2) is 0 Å². The lowest BCUT2D eigenvalue weighted by atomic mass is 9.94. The van der Waals surface area contributed by atoms with E-state index in [0.29, 0.717) is 6.54 Å². The summed E-state index contributed by atoms with van der Waals surface area (Å²) in [6.45, 7) is 5.65. The van der Waals surface area contributed by atoms with Crippen LogP contribution in [0.3, 0.4) is 0 Å². The summed E-state index contributed by atoms with van der Waals surface area (Å²) in [6.07, 6.45) is 0. The number of rotatable bonds is 7. The molecule has 2 aromatic rings. The number of carbonyl (C=O) groups excluding carboxylic acids is 1. The molecule has 0 aromatic heterocycles. The van der Waals surface area contributed by atoms with Crippen molar-refractivity contribution in [1.82, 2.24) is 10.2 Å². The molecular weight excluding hydrogens is 409 g/mol. The van der Waals surface area contributed by atoms with Gasteiger partial charge in [0, 0.05) is 25.7 Å². The van der Waals surface area contributed by atoms with Crippen LogP contribution in [-0.2, 0) is 9.53 Å². The van der Waals surface area contributed by atoms with Gasteiger partial charge >= 0.3 is 0 Å². The zero-order valence-electron chi connectivity index (χ0n) is 16.7. The minimum Gasteiger partial charge on any atom is -0.379 e. The zero-order valence-corrected chi connectivity index (χ0v) is 18.3. The molecule has 1 fully saturated rings. The Hall–Kier alpha value is -1.63. The van der Waals surface area contributed by atoms with Crippen LogP contribution in [0.1, 0.15) is 30.1 Å². The second-order valence-corrected chi connectivity index (χ2v) is 7.05. The first-order valence-electron chi connectivity index (χ1n) is 9.62. The Kier molecular flexibility index (Phi) is 11.2. The van der Waals surface area contributed by atoms with Crippen molar-refractivity contribution in [2.45, 2.75) is 19.0 Å². The van der Waals surface area contributed by atoms with E-state index in [1.54, 1.807) is 0 Å². The van der Waals surface area contributed by atoms with Crippen molar-refractivity contribution in [3.63, 3.8) is 0 Å². The van der Waals surface area contributed by atoms with Gasteiger partial charge in [-0.15, -0.1) is 24.8 Å². The second kappa shape index (κ2) is 12.8. The number of nitrogens with two attached hydrogens (primary N) is 1. The van der Waals surface area contributed by atoms with Gasteiger partial charge in [-0.2, -0.15) is 0 Å². The van der Waals surface area contributed by atoms with Crippen LogP contribution in [0.15, 0.2) is 60.7 Å². The largest absolute Gasteiger partial charge is 0.379 e. The van der Waals surface area contributed by atoms with Crippen LogP contribution in [-0.4, -0.2) is 43.7 Å². The highest BCUT2D eigenvalue weighted by Crippen LogP contribution is 2.22. The number of benzene rings is 2. The zero-order chi connectivity index (χ0) is 19.1. The molecule has 29 heavy (non-hydrogen) atoms. The van der Waals surface area contributed by atoms with Crippen molar-refractivity contribution >= 4 is 30.7 Å². The third-order valence-corrected chi connectivity index (χ3v) is 5.28. The number of nitrogens with one attached hydrogen (secondary N) is 1. The topological polar surface area (TPSA) is 67.6 Å². The Bertz CT molecular complexity index is 713. The summed E-state index contributed by atoms with van der Waals surface area (Å²) in [5.41, 5.74) is 8.50. The molecule has 2 aromatic carbocycles. The molecule has 3 unspecified atom stereocenters. The van der Waals surface area contributed by atoms with Gasteiger partial charge in [0.1, 0.15) is 0 Å². The molecule has 0 saturated carbocycles. The number of nitrogens with zero attached hydrogens (tertiary/aromatic N) is 1. The lowest BCUT2D eigenvalue weighted by Gasteiger charge is -2.35. The van der Waals surface area contributed by atoms with Crippen LogP contribution in [0.25, 0.3) is 0 Å². The van der Waals surface area contributed by atoms with E-state index in [4.69, 9.17) is 10.5 Å². The van der Waals surface area contributed by atoms with Crippen molar-refractivity contribution in [3.8, 4) is 0 Å². The summed E-state index contributed by atoms with van der Waals surface area (Å²) < 4.78 is 5.48. The van der Waals surface area contributed by atoms with E-state index in [2.05, 4.69) is 22.3 Å². The van der Waals surface area contributed by atoms with Crippen LogP contribution < -0.4 is 11.1 Å². The fourth-order valence-electron chi connectivity index (χ4n) is 3.51. The lowest BCUT2D eigenvalue weighted by Crippen LogP contribution is -2.45. The van der Waals surface area contributed by atoms with Crippen molar-refractivity contribution in [2.75, 3.05) is 32.8 Å². The maximum atomic E-state index is 12.7. The summed E-state index contributed by atoms with van der Waals surface area (Å²) in [6, 6.07) is 19.9. The summed E-state index contributed by atoms with van der Waals surface area (Å²) in [5.74, 6) is -0.311. The number of ether oxygens (including phenoxy) is 1. The van der Waals surface area contributed by atoms with Crippen LogP contribution in [0.2, 0.25) is 0 Å². The van der Waals surface area contributed by atoms with Crippen molar-refractivity contribution in [3.05, 3.63) is 71.8 Å². The van der Waals surface area contributed by atoms with E-state index in [1.165, 1.54) is 5.56 Å². The van der Waals surface area contributed by atoms with Gasteiger partial charge < -0.3 is 15.8 Å². The number of hydrogen-bond acceptors (Lipinski definition) is 4. The molecule has 1 amide bonds. The van der Waals surface area contributed by atoms with Gasteiger partial charge in [0.05, 0.1) is 25.2 Å². The van der Waals surface area contributed by atoms with E-state index in [0.717, 1.165) is 31.9 Å². The molecule has 3 rings (SSSR count). The minimum atomic E-state index is -0.315. The predicted molar refractivity (Wildman–Crippen MR) is 122 cm³/mol. The molecular formula is C22H31Cl2N3O2. The highest BCUT2D eigenvalue weighted by molar-refractivity contribution is 5.85. The number of hydrogen-bond donors (Lipinski definition) is 2. The smallest absolute Gasteiger partial charge is 0.224 e. The van der Waals surface area contributed by atoms with Gasteiger partial charge in [0.25, 0.3) is 0 Å². The Balaban J connectivity index is 0.00000210. The molecule has 0 spiro atoms. The number of carbonyl (C=O) groups is 1. The van der Waals surface area contributed by atoms with E-state index < -0.39 is 0 Å². The molecule has 5 nitrogen and oxygen atoms in total. The van der Waals surface area contributed by atoms with Gasteiger partial charge in [-0.25, -0.2) is 0 Å². The van der Waals surface area contributed by atoms with Crippen LogP contribution >= 0.6 is 24.8 Å². The van der Waals surface area contributed by atoms with Crippen molar-refractivity contribution < 1.29 is 9.53 Å². The maximum absolute atomic E-state index is 12.7. The summed E-state index contributed by atoms with van der Waals surface area (Å²) in [5, 5.41) is 3.13. The monoisotopic (exact) mass is 439 g/mol. The third kappa shape index (κ3) is 6.98. The van der Waals surface area contributed by atoms with Gasteiger partial charge in [-0.05, 0) is 11.1 Å². The molecule has 1 aliphatic rings. The molecule has 0 aliphatic carbocycles. The summed E-state index contributed by atoms with van der Waals surface area (Å²) >= 11 is 0. The number of amides is 1. The van der Waals surface area contributed by atoms with Gasteiger partial charge in [-0.3, -0.25) is 9.69 Å².